The summed E-state index contributed by atoms with van der Waals surface area (Å²) in [6.45, 7) is 0.416. The number of alkyl halides is 1. The maximum Gasteiger partial charge on any atom is 0.310 e. The van der Waals surface area contributed by atoms with E-state index >= 15 is 0 Å². The summed E-state index contributed by atoms with van der Waals surface area (Å²) in [4.78, 5) is 30.1. The van der Waals surface area contributed by atoms with E-state index < -0.39 is 0 Å². The summed E-state index contributed by atoms with van der Waals surface area (Å²) in [5.74, 6) is -0.0787. The highest BCUT2D eigenvalue weighted by Gasteiger charge is 2.44. The number of halogens is 1. The maximum absolute atomic E-state index is 12.7. The van der Waals surface area contributed by atoms with Gasteiger partial charge in [-0.25, -0.2) is 0 Å². The van der Waals surface area contributed by atoms with E-state index in [2.05, 4.69) is 17.1 Å². The van der Waals surface area contributed by atoms with Gasteiger partial charge in [0.25, 0.3) is 0 Å². The summed E-state index contributed by atoms with van der Waals surface area (Å²) in [7, 11) is 1.41. The average molecular weight is 361 g/mol. The number of ether oxygens (including phenoxy) is 1. The number of aromatic nitrogens is 1. The molecule has 5 nitrogen and oxygen atoms in total. The Balaban J connectivity index is 1.78. The van der Waals surface area contributed by atoms with Crippen molar-refractivity contribution < 1.29 is 14.3 Å². The van der Waals surface area contributed by atoms with Crippen LogP contribution in [0.1, 0.15) is 29.9 Å². The van der Waals surface area contributed by atoms with Gasteiger partial charge in [-0.15, -0.1) is 11.6 Å². The topological polar surface area (TPSA) is 62.4 Å². The van der Waals surface area contributed by atoms with Crippen LogP contribution in [-0.2, 0) is 20.7 Å². The molecule has 2 aromatic rings. The van der Waals surface area contributed by atoms with Crippen LogP contribution in [0.25, 0.3) is 10.9 Å². The van der Waals surface area contributed by atoms with Crippen molar-refractivity contribution in [1.82, 2.24) is 9.88 Å². The second-order valence-corrected chi connectivity index (χ2v) is 7.28. The van der Waals surface area contributed by atoms with Crippen LogP contribution in [0.3, 0.4) is 0 Å². The molecule has 1 aliphatic carbocycles. The third-order valence-electron chi connectivity index (χ3n) is 5.63. The van der Waals surface area contributed by atoms with Crippen molar-refractivity contribution in [2.75, 3.05) is 19.5 Å². The average Bonchev–Trinajstić information content (AvgIpc) is 3.05. The molecule has 132 valence electrons. The minimum absolute atomic E-state index is 0.0183. The third-order valence-corrected chi connectivity index (χ3v) is 5.82. The van der Waals surface area contributed by atoms with Gasteiger partial charge < -0.3 is 14.6 Å². The molecular formula is C19H21ClN2O3. The Labute approximate surface area is 151 Å². The number of carbonyl (C=O) groups is 2. The van der Waals surface area contributed by atoms with Crippen LogP contribution in [0.4, 0.5) is 0 Å². The smallest absolute Gasteiger partial charge is 0.310 e. The number of benzene rings is 1. The second-order valence-electron chi connectivity index (χ2n) is 6.90. The minimum atomic E-state index is -0.290. The zero-order chi connectivity index (χ0) is 17.6. The van der Waals surface area contributed by atoms with Crippen LogP contribution in [0, 0.1) is 5.92 Å². The van der Waals surface area contributed by atoms with Gasteiger partial charge >= 0.3 is 5.97 Å². The lowest BCUT2D eigenvalue weighted by Crippen LogP contribution is -2.54. The van der Waals surface area contributed by atoms with E-state index in [9.17, 15) is 9.59 Å². The molecule has 0 bridgehead atoms. The zero-order valence-corrected chi connectivity index (χ0v) is 14.9. The van der Waals surface area contributed by atoms with Crippen LogP contribution in [0.5, 0.6) is 0 Å². The summed E-state index contributed by atoms with van der Waals surface area (Å²) in [6.07, 6.45) is 3.86. The predicted molar refractivity (Wildman–Crippen MR) is 95.7 cm³/mol. The number of esters is 1. The largest absolute Gasteiger partial charge is 0.469 e. The number of hydrogen-bond donors (Lipinski definition) is 1. The molecule has 1 aliphatic heterocycles. The summed E-state index contributed by atoms with van der Waals surface area (Å²) in [5.41, 5.74) is 3.58. The fourth-order valence-corrected chi connectivity index (χ4v) is 4.71. The first kappa shape index (κ1) is 16.5. The van der Waals surface area contributed by atoms with E-state index in [-0.39, 0.29) is 29.8 Å². The van der Waals surface area contributed by atoms with Crippen molar-refractivity contribution >= 4 is 34.4 Å². The normalized spacial score (nSPS) is 24.9. The van der Waals surface area contributed by atoms with Gasteiger partial charge in [-0.2, -0.15) is 0 Å². The standard InChI is InChI=1S/C19H21ClN2O3/c1-25-19(24)12-7-14-13-3-2-4-15-18(13)11(9-21-15)8-16(14)22(10-12)17(23)5-6-20/h2-4,9,12,14,16,21H,5-8,10H2,1H3/t12-,14?,16-/m1/s1. The van der Waals surface area contributed by atoms with Gasteiger partial charge in [-0.3, -0.25) is 9.59 Å². The molecule has 1 aromatic heterocycles. The molecule has 3 atom stereocenters. The molecule has 1 fully saturated rings. The number of amides is 1. The highest BCUT2D eigenvalue weighted by Crippen LogP contribution is 2.45. The van der Waals surface area contributed by atoms with Gasteiger partial charge in [-0.1, -0.05) is 12.1 Å². The van der Waals surface area contributed by atoms with Gasteiger partial charge in [0.05, 0.1) is 13.0 Å². The monoisotopic (exact) mass is 360 g/mol. The van der Waals surface area contributed by atoms with Crippen molar-refractivity contribution in [2.24, 2.45) is 5.92 Å². The molecular weight excluding hydrogens is 340 g/mol. The van der Waals surface area contributed by atoms with E-state index in [1.165, 1.54) is 23.6 Å². The lowest BCUT2D eigenvalue weighted by atomic mass is 9.72. The first-order valence-corrected chi connectivity index (χ1v) is 9.19. The Bertz CT molecular complexity index is 831. The van der Waals surface area contributed by atoms with Crippen LogP contribution in [-0.4, -0.2) is 47.3 Å². The predicted octanol–water partition coefficient (Wildman–Crippen LogP) is 2.83. The molecule has 1 saturated heterocycles. The SMILES string of the molecule is COC(=O)[C@@H]1CC2c3cccc4[nH]cc(c34)C[C@H]2N(C(=O)CCCl)C1. The summed E-state index contributed by atoms with van der Waals surface area (Å²) >= 11 is 5.80. The number of nitrogens with zero attached hydrogens (tertiary/aromatic N) is 1. The Morgan fingerprint density at radius 2 is 2.24 bits per heavy atom. The number of rotatable bonds is 3. The number of likely N-dealkylation sites (tertiary alicyclic amines) is 1. The van der Waals surface area contributed by atoms with Crippen LogP contribution in [0.15, 0.2) is 24.4 Å². The highest BCUT2D eigenvalue weighted by molar-refractivity contribution is 6.18. The molecule has 4 rings (SSSR count). The van der Waals surface area contributed by atoms with Gasteiger partial charge in [0, 0.05) is 47.9 Å². The van der Waals surface area contributed by atoms with E-state index in [1.54, 1.807) is 0 Å². The molecule has 0 radical (unpaired) electrons. The van der Waals surface area contributed by atoms with Crippen LogP contribution in [0.2, 0.25) is 0 Å². The Kier molecular flexibility index (Phi) is 4.20. The third kappa shape index (κ3) is 2.61. The highest BCUT2D eigenvalue weighted by atomic mass is 35.5. The number of aromatic amines is 1. The maximum atomic E-state index is 12.7. The molecule has 6 heteroatoms. The van der Waals surface area contributed by atoms with Crippen LogP contribution < -0.4 is 0 Å². The van der Waals surface area contributed by atoms with Crippen molar-refractivity contribution in [2.45, 2.75) is 31.2 Å². The first-order chi connectivity index (χ1) is 12.1. The van der Waals surface area contributed by atoms with Crippen molar-refractivity contribution in [3.63, 3.8) is 0 Å². The fourth-order valence-electron chi connectivity index (χ4n) is 4.54. The lowest BCUT2D eigenvalue weighted by Gasteiger charge is -2.46. The molecule has 2 heterocycles. The first-order valence-electron chi connectivity index (χ1n) is 8.66. The number of H-pyrrole nitrogens is 1. The quantitative estimate of drug-likeness (QED) is 0.676. The van der Waals surface area contributed by atoms with Crippen molar-refractivity contribution in [3.8, 4) is 0 Å². The molecule has 0 saturated carbocycles. The number of hydrogen-bond acceptors (Lipinski definition) is 3. The van der Waals surface area contributed by atoms with Gasteiger partial charge in [0.15, 0.2) is 0 Å². The number of piperidine rings is 1. The van der Waals surface area contributed by atoms with Crippen molar-refractivity contribution in [3.05, 3.63) is 35.5 Å². The van der Waals surface area contributed by atoms with E-state index in [0.29, 0.717) is 25.3 Å². The molecule has 1 N–H and O–H groups in total. The molecule has 0 spiro atoms. The molecule has 25 heavy (non-hydrogen) atoms. The number of nitrogens with one attached hydrogen (secondary N) is 1. The summed E-state index contributed by atoms with van der Waals surface area (Å²) in [6, 6.07) is 6.30. The van der Waals surface area contributed by atoms with Gasteiger partial charge in [0.2, 0.25) is 5.91 Å². The van der Waals surface area contributed by atoms with E-state index in [0.717, 1.165) is 11.9 Å². The van der Waals surface area contributed by atoms with Crippen LogP contribution >= 0.6 is 11.6 Å². The van der Waals surface area contributed by atoms with Gasteiger partial charge in [0.1, 0.15) is 0 Å². The summed E-state index contributed by atoms with van der Waals surface area (Å²) < 4.78 is 4.98. The lowest BCUT2D eigenvalue weighted by molar-refractivity contribution is -0.151. The van der Waals surface area contributed by atoms with Crippen molar-refractivity contribution in [1.29, 1.82) is 0 Å². The molecule has 1 unspecified atom stereocenters. The number of methoxy groups -OCH3 is 1. The number of carbonyl (C=O) groups excluding carboxylic acids is 2. The van der Waals surface area contributed by atoms with Gasteiger partial charge in [-0.05, 0) is 30.0 Å². The Morgan fingerprint density at radius 3 is 3.00 bits per heavy atom. The van der Waals surface area contributed by atoms with E-state index in [4.69, 9.17) is 16.3 Å². The Morgan fingerprint density at radius 1 is 1.40 bits per heavy atom. The molecule has 1 amide bonds. The zero-order valence-electron chi connectivity index (χ0n) is 14.1. The number of fused-ring (bicyclic) bond motifs is 2. The van der Waals surface area contributed by atoms with E-state index in [1.807, 2.05) is 17.2 Å². The minimum Gasteiger partial charge on any atom is -0.469 e. The Hall–Kier alpha value is -2.01. The second kappa shape index (κ2) is 6.37. The fraction of sp³-hybridized carbons (Fsp3) is 0.474. The molecule has 1 aromatic carbocycles. The molecule has 2 aliphatic rings. The summed E-state index contributed by atoms with van der Waals surface area (Å²) in [5, 5.41) is 1.25.